The van der Waals surface area contributed by atoms with Gasteiger partial charge in [0.15, 0.2) is 0 Å². The van der Waals surface area contributed by atoms with E-state index in [1.165, 1.54) is 45.2 Å². The lowest BCUT2D eigenvalue weighted by Gasteiger charge is -2.25. The van der Waals surface area contributed by atoms with E-state index in [0.717, 1.165) is 13.0 Å². The Morgan fingerprint density at radius 1 is 1.38 bits per heavy atom. The molecular weight excluding hydrogens is 202 g/mol. The first-order valence-corrected chi connectivity index (χ1v) is 6.65. The van der Waals surface area contributed by atoms with Crippen molar-refractivity contribution in [1.82, 2.24) is 4.90 Å². The van der Waals surface area contributed by atoms with Gasteiger partial charge in [0.1, 0.15) is 0 Å². The average Bonchev–Trinajstić information content (AvgIpc) is 2.64. The van der Waals surface area contributed by atoms with Gasteiger partial charge in [0, 0.05) is 19.8 Å². The van der Waals surface area contributed by atoms with Crippen molar-refractivity contribution in [2.45, 2.75) is 57.6 Å². The van der Waals surface area contributed by atoms with E-state index in [9.17, 15) is 5.11 Å². The van der Waals surface area contributed by atoms with E-state index >= 15 is 0 Å². The molecule has 0 radical (unpaired) electrons. The van der Waals surface area contributed by atoms with E-state index in [4.69, 9.17) is 4.74 Å². The number of unbranched alkanes of at least 4 members (excludes halogenated alkanes) is 2. The molecule has 0 aliphatic carbocycles. The molecule has 2 atom stereocenters. The molecule has 3 heteroatoms. The van der Waals surface area contributed by atoms with Gasteiger partial charge in [0.25, 0.3) is 0 Å². The molecule has 96 valence electrons. The Morgan fingerprint density at radius 2 is 2.19 bits per heavy atom. The van der Waals surface area contributed by atoms with Crippen LogP contribution in [0.25, 0.3) is 0 Å². The van der Waals surface area contributed by atoms with Crippen LogP contribution in [0.1, 0.15) is 45.4 Å². The second-order valence-electron chi connectivity index (χ2n) is 4.97. The molecule has 0 amide bonds. The number of hydrogen-bond acceptors (Lipinski definition) is 3. The van der Waals surface area contributed by atoms with Crippen LogP contribution in [0.2, 0.25) is 0 Å². The highest BCUT2D eigenvalue weighted by Gasteiger charge is 2.24. The lowest BCUT2D eigenvalue weighted by molar-refractivity contribution is 0.132. The van der Waals surface area contributed by atoms with Crippen LogP contribution in [0.3, 0.4) is 0 Å². The molecule has 1 heterocycles. The highest BCUT2D eigenvalue weighted by atomic mass is 16.5. The zero-order valence-electron chi connectivity index (χ0n) is 10.8. The third-order valence-electron chi connectivity index (χ3n) is 3.41. The number of hydrogen-bond donors (Lipinski definition) is 1. The van der Waals surface area contributed by atoms with Gasteiger partial charge >= 0.3 is 0 Å². The smallest absolute Gasteiger partial charge is 0.0527 e. The van der Waals surface area contributed by atoms with E-state index in [1.807, 2.05) is 6.92 Å². The molecule has 1 saturated heterocycles. The van der Waals surface area contributed by atoms with Gasteiger partial charge in [-0.05, 0) is 58.5 Å². The van der Waals surface area contributed by atoms with Crippen molar-refractivity contribution in [3.8, 4) is 0 Å². The first-order chi connectivity index (χ1) is 7.74. The van der Waals surface area contributed by atoms with Crippen LogP contribution in [0.5, 0.6) is 0 Å². The van der Waals surface area contributed by atoms with Gasteiger partial charge in [0.2, 0.25) is 0 Å². The molecule has 2 unspecified atom stereocenters. The Kier molecular flexibility index (Phi) is 7.01. The van der Waals surface area contributed by atoms with Crippen molar-refractivity contribution in [3.63, 3.8) is 0 Å². The largest absolute Gasteiger partial charge is 0.393 e. The number of aliphatic hydroxyl groups excluding tert-OH is 1. The summed E-state index contributed by atoms with van der Waals surface area (Å²) in [7, 11) is 1.76. The van der Waals surface area contributed by atoms with Gasteiger partial charge in [-0.25, -0.2) is 0 Å². The maximum absolute atomic E-state index is 9.43. The molecule has 1 N–H and O–H groups in total. The Morgan fingerprint density at radius 3 is 2.88 bits per heavy atom. The molecule has 0 saturated carbocycles. The maximum atomic E-state index is 9.43. The normalized spacial score (nSPS) is 23.8. The number of likely N-dealkylation sites (tertiary alicyclic amines) is 1. The van der Waals surface area contributed by atoms with E-state index in [2.05, 4.69) is 4.90 Å². The van der Waals surface area contributed by atoms with Gasteiger partial charge < -0.3 is 14.7 Å². The van der Waals surface area contributed by atoms with E-state index < -0.39 is 0 Å². The van der Waals surface area contributed by atoms with E-state index in [-0.39, 0.29) is 6.10 Å². The van der Waals surface area contributed by atoms with Crippen molar-refractivity contribution >= 4 is 0 Å². The first-order valence-electron chi connectivity index (χ1n) is 6.65. The van der Waals surface area contributed by atoms with Crippen LogP contribution in [-0.4, -0.2) is 49.0 Å². The molecule has 0 spiro atoms. The van der Waals surface area contributed by atoms with Gasteiger partial charge in [0.05, 0.1) is 6.10 Å². The van der Waals surface area contributed by atoms with Crippen molar-refractivity contribution in [3.05, 3.63) is 0 Å². The zero-order valence-corrected chi connectivity index (χ0v) is 10.8. The average molecular weight is 229 g/mol. The summed E-state index contributed by atoms with van der Waals surface area (Å²) >= 11 is 0. The molecule has 3 nitrogen and oxygen atoms in total. The number of nitrogens with zero attached hydrogens (tertiary/aromatic N) is 1. The Hall–Kier alpha value is -0.120. The summed E-state index contributed by atoms with van der Waals surface area (Å²) < 4.78 is 5.04. The predicted octanol–water partition coefficient (Wildman–Crippen LogP) is 2.04. The summed E-state index contributed by atoms with van der Waals surface area (Å²) in [5, 5.41) is 9.43. The Labute approximate surface area is 99.8 Å². The molecule has 1 aliphatic heterocycles. The number of methoxy groups -OCH3 is 1. The van der Waals surface area contributed by atoms with Crippen molar-refractivity contribution < 1.29 is 9.84 Å². The molecule has 0 aromatic heterocycles. The van der Waals surface area contributed by atoms with Crippen molar-refractivity contribution in [1.29, 1.82) is 0 Å². The number of aliphatic hydroxyl groups is 1. The lowest BCUT2D eigenvalue weighted by atomic mass is 10.1. The predicted molar refractivity (Wildman–Crippen MR) is 66.6 cm³/mol. The third-order valence-corrected chi connectivity index (χ3v) is 3.41. The van der Waals surface area contributed by atoms with E-state index in [0.29, 0.717) is 6.04 Å². The van der Waals surface area contributed by atoms with Crippen LogP contribution in [0.15, 0.2) is 0 Å². The lowest BCUT2D eigenvalue weighted by Crippen LogP contribution is -2.32. The fourth-order valence-electron chi connectivity index (χ4n) is 2.59. The van der Waals surface area contributed by atoms with Gasteiger partial charge in [-0.3, -0.25) is 0 Å². The van der Waals surface area contributed by atoms with Crippen LogP contribution in [-0.2, 0) is 4.74 Å². The first kappa shape index (κ1) is 13.9. The Bertz CT molecular complexity index is 173. The molecule has 1 rings (SSSR count). The van der Waals surface area contributed by atoms with Gasteiger partial charge in [-0.1, -0.05) is 0 Å². The van der Waals surface area contributed by atoms with E-state index in [1.54, 1.807) is 7.11 Å². The zero-order chi connectivity index (χ0) is 11.8. The third kappa shape index (κ3) is 5.28. The monoisotopic (exact) mass is 229 g/mol. The Balaban J connectivity index is 2.10. The van der Waals surface area contributed by atoms with Crippen LogP contribution in [0.4, 0.5) is 0 Å². The quantitative estimate of drug-likeness (QED) is 0.647. The fourth-order valence-corrected chi connectivity index (χ4v) is 2.59. The maximum Gasteiger partial charge on any atom is 0.0527 e. The molecule has 1 aliphatic rings. The molecule has 0 bridgehead atoms. The summed E-state index contributed by atoms with van der Waals surface area (Å²) in [5.41, 5.74) is 0. The van der Waals surface area contributed by atoms with Gasteiger partial charge in [-0.15, -0.1) is 0 Å². The SMILES string of the molecule is COCCCCCN1CCCC1CC(C)O. The second-order valence-corrected chi connectivity index (χ2v) is 4.97. The number of rotatable bonds is 8. The molecule has 0 aromatic rings. The van der Waals surface area contributed by atoms with Crippen molar-refractivity contribution in [2.24, 2.45) is 0 Å². The fraction of sp³-hybridized carbons (Fsp3) is 1.00. The minimum atomic E-state index is -0.154. The summed E-state index contributed by atoms with van der Waals surface area (Å²) in [6, 6.07) is 0.627. The van der Waals surface area contributed by atoms with Crippen LogP contribution >= 0.6 is 0 Å². The topological polar surface area (TPSA) is 32.7 Å². The summed E-state index contributed by atoms with van der Waals surface area (Å²) in [6.07, 6.45) is 7.05. The standard InChI is InChI=1S/C13H27NO2/c1-12(15)11-13-7-6-9-14(13)8-4-3-5-10-16-2/h12-13,15H,3-11H2,1-2H3. The van der Waals surface area contributed by atoms with Crippen molar-refractivity contribution in [2.75, 3.05) is 26.8 Å². The minimum Gasteiger partial charge on any atom is -0.393 e. The highest BCUT2D eigenvalue weighted by molar-refractivity contribution is 4.80. The van der Waals surface area contributed by atoms with Crippen LogP contribution < -0.4 is 0 Å². The molecule has 1 fully saturated rings. The minimum absolute atomic E-state index is 0.154. The molecular formula is C13H27NO2. The highest BCUT2D eigenvalue weighted by Crippen LogP contribution is 2.21. The molecule has 0 aromatic carbocycles. The summed E-state index contributed by atoms with van der Waals surface area (Å²) in [4.78, 5) is 2.56. The van der Waals surface area contributed by atoms with Crippen LogP contribution in [0, 0.1) is 0 Å². The summed E-state index contributed by atoms with van der Waals surface area (Å²) in [5.74, 6) is 0. The molecule has 16 heavy (non-hydrogen) atoms. The second kappa shape index (κ2) is 8.04. The van der Waals surface area contributed by atoms with Gasteiger partial charge in [-0.2, -0.15) is 0 Å². The summed E-state index contributed by atoms with van der Waals surface area (Å²) in [6.45, 7) is 5.20. The number of ether oxygens (including phenoxy) is 1.